The van der Waals surface area contributed by atoms with Gasteiger partial charge in [0.15, 0.2) is 17.3 Å². The Morgan fingerprint density at radius 2 is 1.78 bits per heavy atom. The number of aromatic nitrogens is 2. The summed E-state index contributed by atoms with van der Waals surface area (Å²) in [6, 6.07) is 8.50. The van der Waals surface area contributed by atoms with Gasteiger partial charge in [0.25, 0.3) is 0 Å². The number of carbonyl (C=O) groups excluding carboxylic acids is 2. The molecule has 0 aliphatic heterocycles. The lowest BCUT2D eigenvalue weighted by atomic mass is 10.2. The highest BCUT2D eigenvalue weighted by Crippen LogP contribution is 2.29. The van der Waals surface area contributed by atoms with Crippen LogP contribution in [0.5, 0.6) is 11.5 Å². The number of rotatable bonds is 8. The van der Waals surface area contributed by atoms with E-state index < -0.39 is 0 Å². The predicted octanol–water partition coefficient (Wildman–Crippen LogP) is 2.82. The molecule has 1 heterocycles. The molecule has 2 rings (SSSR count). The maximum Gasteiger partial charge on any atom is 0.234 e. The number of thioether (sulfide) groups is 1. The number of hydrogen-bond acceptors (Lipinski definition) is 7. The van der Waals surface area contributed by atoms with E-state index in [-0.39, 0.29) is 23.5 Å². The van der Waals surface area contributed by atoms with Crippen LogP contribution in [0.3, 0.4) is 0 Å². The number of amides is 2. The zero-order chi connectivity index (χ0) is 19.8. The Kier molecular flexibility index (Phi) is 7.42. The van der Waals surface area contributed by atoms with E-state index in [1.165, 1.54) is 18.9 Å². The first-order valence-corrected chi connectivity index (χ1v) is 9.20. The maximum atomic E-state index is 12.1. The number of hydrogen-bond donors (Lipinski definition) is 2. The van der Waals surface area contributed by atoms with Crippen molar-refractivity contribution in [2.75, 3.05) is 30.6 Å². The fraction of sp³-hybridized carbons (Fsp3) is 0.333. The van der Waals surface area contributed by atoms with Gasteiger partial charge in [0.2, 0.25) is 11.8 Å². The van der Waals surface area contributed by atoms with Crippen molar-refractivity contribution in [2.45, 2.75) is 18.9 Å². The molecule has 0 fully saturated rings. The molecular weight excluding hydrogens is 368 g/mol. The summed E-state index contributed by atoms with van der Waals surface area (Å²) >= 11 is 1.24. The van der Waals surface area contributed by atoms with Crippen molar-refractivity contribution in [3.8, 4) is 11.5 Å². The minimum absolute atomic E-state index is 0.126. The van der Waals surface area contributed by atoms with Crippen LogP contribution < -0.4 is 20.1 Å². The van der Waals surface area contributed by atoms with Crippen molar-refractivity contribution in [1.29, 1.82) is 0 Å². The number of carbonyl (C=O) groups is 2. The largest absolute Gasteiger partial charge is 0.493 e. The second kappa shape index (κ2) is 9.77. The molecule has 2 amide bonds. The maximum absolute atomic E-state index is 12.1. The van der Waals surface area contributed by atoms with Gasteiger partial charge in [-0.1, -0.05) is 25.6 Å². The molecule has 8 nitrogen and oxygen atoms in total. The van der Waals surface area contributed by atoms with Gasteiger partial charge in [0, 0.05) is 17.7 Å². The SMILES string of the molecule is COc1ccc(NC(=O)CSc2ccc(NC(=O)C(C)C)nn2)cc1OC. The van der Waals surface area contributed by atoms with Crippen LogP contribution in [-0.4, -0.2) is 42.0 Å². The summed E-state index contributed by atoms with van der Waals surface area (Å²) in [6.07, 6.45) is 0. The molecule has 0 bridgehead atoms. The summed E-state index contributed by atoms with van der Waals surface area (Å²) < 4.78 is 10.4. The predicted molar refractivity (Wildman–Crippen MR) is 104 cm³/mol. The van der Waals surface area contributed by atoms with Crippen LogP contribution in [0.1, 0.15) is 13.8 Å². The Labute approximate surface area is 162 Å². The van der Waals surface area contributed by atoms with E-state index in [1.54, 1.807) is 51.3 Å². The van der Waals surface area contributed by atoms with Crippen LogP contribution in [0.2, 0.25) is 0 Å². The van der Waals surface area contributed by atoms with E-state index in [4.69, 9.17) is 9.47 Å². The lowest BCUT2D eigenvalue weighted by molar-refractivity contribution is -0.119. The third-order valence-electron chi connectivity index (χ3n) is 3.43. The van der Waals surface area contributed by atoms with Gasteiger partial charge in [-0.05, 0) is 24.3 Å². The summed E-state index contributed by atoms with van der Waals surface area (Å²) in [6.45, 7) is 3.59. The standard InChI is InChI=1S/C18H22N4O4S/c1-11(2)18(24)20-15-7-8-17(22-21-15)27-10-16(23)19-12-5-6-13(25-3)14(9-12)26-4/h5-9,11H,10H2,1-4H3,(H,19,23)(H,20,21,24). The average Bonchev–Trinajstić information content (AvgIpc) is 2.67. The molecule has 144 valence electrons. The Bertz CT molecular complexity index is 796. The van der Waals surface area contributed by atoms with Crippen LogP contribution in [0, 0.1) is 5.92 Å². The van der Waals surface area contributed by atoms with Gasteiger partial charge in [-0.25, -0.2) is 0 Å². The van der Waals surface area contributed by atoms with Crippen LogP contribution >= 0.6 is 11.8 Å². The smallest absolute Gasteiger partial charge is 0.234 e. The van der Waals surface area contributed by atoms with Crippen molar-refractivity contribution in [3.63, 3.8) is 0 Å². The lowest BCUT2D eigenvalue weighted by Crippen LogP contribution is -2.18. The second-order valence-corrected chi connectivity index (χ2v) is 6.80. The van der Waals surface area contributed by atoms with E-state index in [0.717, 1.165) is 0 Å². The van der Waals surface area contributed by atoms with Crippen molar-refractivity contribution in [3.05, 3.63) is 30.3 Å². The number of ether oxygens (including phenoxy) is 2. The fourth-order valence-electron chi connectivity index (χ4n) is 1.98. The van der Waals surface area contributed by atoms with Crippen molar-refractivity contribution in [1.82, 2.24) is 10.2 Å². The van der Waals surface area contributed by atoms with E-state index in [9.17, 15) is 9.59 Å². The van der Waals surface area contributed by atoms with Crippen molar-refractivity contribution < 1.29 is 19.1 Å². The third kappa shape index (κ3) is 6.14. The van der Waals surface area contributed by atoms with Gasteiger partial charge in [-0.2, -0.15) is 0 Å². The van der Waals surface area contributed by atoms with Gasteiger partial charge in [0.1, 0.15) is 5.03 Å². The Balaban J connectivity index is 1.87. The molecule has 0 spiro atoms. The van der Waals surface area contributed by atoms with E-state index in [1.807, 2.05) is 0 Å². The first-order valence-electron chi connectivity index (χ1n) is 8.22. The third-order valence-corrected chi connectivity index (χ3v) is 4.35. The molecule has 2 N–H and O–H groups in total. The number of nitrogens with one attached hydrogen (secondary N) is 2. The van der Waals surface area contributed by atoms with Crippen molar-refractivity contribution >= 4 is 35.1 Å². The summed E-state index contributed by atoms with van der Waals surface area (Å²) in [5.41, 5.74) is 0.607. The molecule has 0 atom stereocenters. The molecule has 27 heavy (non-hydrogen) atoms. The molecular formula is C18H22N4O4S. The van der Waals surface area contributed by atoms with Gasteiger partial charge in [0.05, 0.1) is 20.0 Å². The summed E-state index contributed by atoms with van der Waals surface area (Å²) in [5.74, 6) is 1.22. The van der Waals surface area contributed by atoms with Gasteiger partial charge in [-0.15, -0.1) is 10.2 Å². The van der Waals surface area contributed by atoms with E-state index >= 15 is 0 Å². The van der Waals surface area contributed by atoms with Crippen LogP contribution in [0.4, 0.5) is 11.5 Å². The number of nitrogens with zero attached hydrogens (tertiary/aromatic N) is 2. The molecule has 0 saturated carbocycles. The van der Waals surface area contributed by atoms with E-state index in [2.05, 4.69) is 20.8 Å². The summed E-state index contributed by atoms with van der Waals surface area (Å²) in [4.78, 5) is 23.7. The summed E-state index contributed by atoms with van der Waals surface area (Å²) in [7, 11) is 3.08. The quantitative estimate of drug-likeness (QED) is 0.668. The van der Waals surface area contributed by atoms with E-state index in [0.29, 0.717) is 28.0 Å². The molecule has 0 aliphatic carbocycles. The Hall–Kier alpha value is -2.81. The number of anilines is 2. The molecule has 0 aliphatic rings. The minimum Gasteiger partial charge on any atom is -0.493 e. The first-order chi connectivity index (χ1) is 12.9. The second-order valence-electron chi connectivity index (χ2n) is 5.81. The normalized spacial score (nSPS) is 10.4. The molecule has 1 aromatic carbocycles. The zero-order valence-electron chi connectivity index (χ0n) is 15.6. The highest BCUT2D eigenvalue weighted by Gasteiger charge is 2.10. The number of methoxy groups -OCH3 is 2. The fourth-order valence-corrected chi connectivity index (χ4v) is 2.60. The molecule has 0 radical (unpaired) electrons. The van der Waals surface area contributed by atoms with Crippen LogP contribution in [-0.2, 0) is 9.59 Å². The zero-order valence-corrected chi connectivity index (χ0v) is 16.4. The van der Waals surface area contributed by atoms with Crippen LogP contribution in [0.25, 0.3) is 0 Å². The van der Waals surface area contributed by atoms with Gasteiger partial charge < -0.3 is 20.1 Å². The van der Waals surface area contributed by atoms with Gasteiger partial charge in [-0.3, -0.25) is 9.59 Å². The lowest BCUT2D eigenvalue weighted by Gasteiger charge is -2.10. The topological polar surface area (TPSA) is 102 Å². The minimum atomic E-state index is -0.189. The summed E-state index contributed by atoms with van der Waals surface area (Å²) in [5, 5.41) is 14.0. The van der Waals surface area contributed by atoms with Crippen LogP contribution in [0.15, 0.2) is 35.4 Å². The number of benzene rings is 1. The highest BCUT2D eigenvalue weighted by atomic mass is 32.2. The Morgan fingerprint density at radius 1 is 1.04 bits per heavy atom. The van der Waals surface area contributed by atoms with Crippen molar-refractivity contribution in [2.24, 2.45) is 5.92 Å². The molecule has 9 heteroatoms. The molecule has 1 aromatic heterocycles. The highest BCUT2D eigenvalue weighted by molar-refractivity contribution is 7.99. The Morgan fingerprint density at radius 3 is 2.37 bits per heavy atom. The monoisotopic (exact) mass is 390 g/mol. The van der Waals surface area contributed by atoms with Gasteiger partial charge >= 0.3 is 0 Å². The molecule has 0 unspecified atom stereocenters. The molecule has 2 aromatic rings. The molecule has 0 saturated heterocycles. The first kappa shape index (κ1) is 20.5. The average molecular weight is 390 g/mol.